The second kappa shape index (κ2) is 9.34. The third kappa shape index (κ3) is 6.10. The molecule has 7 nitrogen and oxygen atoms in total. The molecule has 1 aromatic carbocycles. The Kier molecular flexibility index (Phi) is 6.82. The summed E-state index contributed by atoms with van der Waals surface area (Å²) < 4.78 is 11.0. The molecule has 160 valence electrons. The predicted molar refractivity (Wildman–Crippen MR) is 114 cm³/mol. The Labute approximate surface area is 181 Å². The summed E-state index contributed by atoms with van der Waals surface area (Å²) in [6, 6.07) is 10.2. The van der Waals surface area contributed by atoms with Crippen molar-refractivity contribution in [1.29, 1.82) is 0 Å². The molecule has 3 rings (SSSR count). The van der Waals surface area contributed by atoms with Gasteiger partial charge in [0.25, 0.3) is 11.8 Å². The molecule has 8 heteroatoms. The minimum absolute atomic E-state index is 0.0200. The zero-order valence-electron chi connectivity index (χ0n) is 17.3. The van der Waals surface area contributed by atoms with Crippen molar-refractivity contribution in [2.75, 3.05) is 6.61 Å². The van der Waals surface area contributed by atoms with Crippen molar-refractivity contribution in [3.63, 3.8) is 0 Å². The molecule has 1 aliphatic carbocycles. The minimum atomic E-state index is -0.374. The van der Waals surface area contributed by atoms with Gasteiger partial charge in [0.05, 0.1) is 12.3 Å². The van der Waals surface area contributed by atoms with Gasteiger partial charge in [0, 0.05) is 16.6 Å². The van der Waals surface area contributed by atoms with E-state index < -0.39 is 0 Å². The Morgan fingerprint density at radius 2 is 1.83 bits per heavy atom. The number of amides is 2. The van der Waals surface area contributed by atoms with Gasteiger partial charge in [-0.2, -0.15) is 0 Å². The smallest absolute Gasteiger partial charge is 0.270 e. The van der Waals surface area contributed by atoms with Crippen molar-refractivity contribution in [3.8, 4) is 11.5 Å². The Hall–Kier alpha value is -2.80. The van der Waals surface area contributed by atoms with Crippen molar-refractivity contribution in [2.24, 2.45) is 0 Å². The van der Waals surface area contributed by atoms with Crippen molar-refractivity contribution < 1.29 is 19.1 Å². The molecule has 1 aliphatic rings. The van der Waals surface area contributed by atoms with Gasteiger partial charge in [0.1, 0.15) is 17.2 Å². The lowest BCUT2D eigenvalue weighted by Crippen LogP contribution is -2.62. The Morgan fingerprint density at radius 3 is 2.43 bits per heavy atom. The van der Waals surface area contributed by atoms with Gasteiger partial charge in [0.2, 0.25) is 0 Å². The van der Waals surface area contributed by atoms with Crippen molar-refractivity contribution in [2.45, 2.75) is 51.3 Å². The molecule has 0 unspecified atom stereocenters. The van der Waals surface area contributed by atoms with Crippen molar-refractivity contribution in [1.82, 2.24) is 15.6 Å². The van der Waals surface area contributed by atoms with Crippen LogP contribution in [0, 0.1) is 0 Å². The molecule has 1 aromatic heterocycles. The highest BCUT2D eigenvalue weighted by Gasteiger charge is 2.42. The van der Waals surface area contributed by atoms with E-state index in [9.17, 15) is 9.59 Å². The number of rotatable bonds is 8. The minimum Gasteiger partial charge on any atom is -0.489 e. The second-order valence-corrected chi connectivity index (χ2v) is 8.41. The van der Waals surface area contributed by atoms with Crippen LogP contribution in [-0.4, -0.2) is 41.1 Å². The number of nitrogens with zero attached hydrogens (tertiary/aromatic N) is 1. The predicted octanol–water partition coefficient (Wildman–Crippen LogP) is 3.37. The fraction of sp³-hybridized carbons (Fsp3) is 0.409. The first-order valence-electron chi connectivity index (χ1n) is 9.85. The molecule has 0 spiro atoms. The first kappa shape index (κ1) is 21.9. The summed E-state index contributed by atoms with van der Waals surface area (Å²) in [5.41, 5.74) is -0.0408. The maximum Gasteiger partial charge on any atom is 0.270 e. The van der Waals surface area contributed by atoms with Gasteiger partial charge < -0.3 is 20.1 Å². The lowest BCUT2D eigenvalue weighted by molar-refractivity contribution is -0.126. The lowest BCUT2D eigenvalue weighted by Gasteiger charge is -2.45. The molecule has 1 saturated carbocycles. The summed E-state index contributed by atoms with van der Waals surface area (Å²) in [6.45, 7) is 5.72. The molecule has 0 atom stereocenters. The Morgan fingerprint density at radius 1 is 1.17 bits per heavy atom. The number of aromatic nitrogens is 1. The summed E-state index contributed by atoms with van der Waals surface area (Å²) in [4.78, 5) is 28.7. The number of nitrogens with one attached hydrogen (secondary N) is 2. The molecule has 0 bridgehead atoms. The normalized spacial score (nSPS) is 20.2. The monoisotopic (exact) mass is 431 g/mol. The quantitative estimate of drug-likeness (QED) is 0.668. The van der Waals surface area contributed by atoms with Crippen LogP contribution in [0.5, 0.6) is 11.5 Å². The molecular weight excluding hydrogens is 406 g/mol. The summed E-state index contributed by atoms with van der Waals surface area (Å²) in [6.07, 6.45) is 2.87. The van der Waals surface area contributed by atoms with E-state index in [4.69, 9.17) is 21.1 Å². The van der Waals surface area contributed by atoms with E-state index in [1.54, 1.807) is 42.6 Å². The van der Waals surface area contributed by atoms with E-state index in [1.165, 1.54) is 0 Å². The van der Waals surface area contributed by atoms with Crippen LogP contribution in [0.3, 0.4) is 0 Å². The molecule has 2 N–H and O–H groups in total. The van der Waals surface area contributed by atoms with Crippen LogP contribution in [0.25, 0.3) is 0 Å². The maximum absolute atomic E-state index is 12.4. The Balaban J connectivity index is 1.41. The lowest BCUT2D eigenvalue weighted by atomic mass is 9.74. The molecule has 2 aromatic rings. The number of hydrogen-bond donors (Lipinski definition) is 2. The molecule has 0 saturated heterocycles. The second-order valence-electron chi connectivity index (χ2n) is 7.98. The molecule has 0 radical (unpaired) electrons. The molecule has 1 heterocycles. The first-order valence-corrected chi connectivity index (χ1v) is 10.2. The first-order chi connectivity index (χ1) is 14.2. The topological polar surface area (TPSA) is 89.6 Å². The van der Waals surface area contributed by atoms with Crippen LogP contribution in [-0.2, 0) is 4.79 Å². The van der Waals surface area contributed by atoms with Gasteiger partial charge in [-0.3, -0.25) is 9.59 Å². The van der Waals surface area contributed by atoms with E-state index in [1.807, 2.05) is 20.8 Å². The standard InChI is InChI=1S/C22H26ClN3O4/c1-14(2)30-18-8-9-19(24-12-18)21(28)25-16-10-22(3,11-16)26-20(27)13-29-17-6-4-15(23)5-7-17/h4-9,12,14,16H,10-11,13H2,1-3H3,(H,25,28)(H,26,27). The molecule has 1 fully saturated rings. The zero-order chi connectivity index (χ0) is 21.7. The maximum atomic E-state index is 12.4. The zero-order valence-corrected chi connectivity index (χ0v) is 18.0. The van der Waals surface area contributed by atoms with Gasteiger partial charge in [-0.1, -0.05) is 11.6 Å². The molecular formula is C22H26ClN3O4. The van der Waals surface area contributed by atoms with E-state index in [-0.39, 0.29) is 36.1 Å². The fourth-order valence-corrected chi connectivity index (χ4v) is 3.53. The van der Waals surface area contributed by atoms with Gasteiger partial charge in [-0.05, 0) is 70.0 Å². The molecule has 2 amide bonds. The SMILES string of the molecule is CC(C)Oc1ccc(C(=O)NC2CC(C)(NC(=O)COc3ccc(Cl)cc3)C2)nc1. The Bertz CT molecular complexity index is 878. The molecule has 0 aliphatic heterocycles. The number of carbonyl (C=O) groups excluding carboxylic acids is 2. The third-order valence-electron chi connectivity index (χ3n) is 4.69. The number of halogens is 1. The highest BCUT2D eigenvalue weighted by Crippen LogP contribution is 2.32. The van der Waals surface area contributed by atoms with Crippen LogP contribution in [0.2, 0.25) is 5.02 Å². The van der Waals surface area contributed by atoms with Crippen LogP contribution in [0.15, 0.2) is 42.6 Å². The van der Waals surface area contributed by atoms with Crippen molar-refractivity contribution >= 4 is 23.4 Å². The van der Waals surface area contributed by atoms with Crippen LogP contribution in [0.4, 0.5) is 0 Å². The highest BCUT2D eigenvalue weighted by atomic mass is 35.5. The van der Waals surface area contributed by atoms with E-state index >= 15 is 0 Å². The van der Waals surface area contributed by atoms with Gasteiger partial charge in [-0.25, -0.2) is 4.98 Å². The number of carbonyl (C=O) groups is 2. The van der Waals surface area contributed by atoms with Gasteiger partial charge in [-0.15, -0.1) is 0 Å². The largest absolute Gasteiger partial charge is 0.489 e. The van der Waals surface area contributed by atoms with E-state index in [0.717, 1.165) is 0 Å². The average Bonchev–Trinajstić information content (AvgIpc) is 2.66. The number of benzene rings is 1. The third-order valence-corrected chi connectivity index (χ3v) is 4.95. The highest BCUT2D eigenvalue weighted by molar-refractivity contribution is 6.30. The summed E-state index contributed by atoms with van der Waals surface area (Å²) >= 11 is 5.83. The van der Waals surface area contributed by atoms with Crippen LogP contribution < -0.4 is 20.1 Å². The summed E-state index contributed by atoms with van der Waals surface area (Å²) in [5, 5.41) is 6.52. The average molecular weight is 432 g/mol. The van der Waals surface area contributed by atoms with Crippen LogP contribution in [0.1, 0.15) is 44.1 Å². The van der Waals surface area contributed by atoms with E-state index in [2.05, 4.69) is 15.6 Å². The summed E-state index contributed by atoms with van der Waals surface area (Å²) in [7, 11) is 0. The fourth-order valence-electron chi connectivity index (χ4n) is 3.40. The van der Waals surface area contributed by atoms with Crippen LogP contribution >= 0.6 is 11.6 Å². The van der Waals surface area contributed by atoms with Crippen molar-refractivity contribution in [3.05, 3.63) is 53.3 Å². The number of pyridine rings is 1. The van der Waals surface area contributed by atoms with E-state index in [0.29, 0.717) is 35.1 Å². The number of hydrogen-bond acceptors (Lipinski definition) is 5. The molecule has 30 heavy (non-hydrogen) atoms. The summed E-state index contributed by atoms with van der Waals surface area (Å²) in [5.74, 6) is 0.757. The number of ether oxygens (including phenoxy) is 2. The van der Waals surface area contributed by atoms with Gasteiger partial charge in [0.15, 0.2) is 6.61 Å². The van der Waals surface area contributed by atoms with Gasteiger partial charge >= 0.3 is 0 Å².